The van der Waals surface area contributed by atoms with E-state index in [0.717, 1.165) is 131 Å². The van der Waals surface area contributed by atoms with E-state index in [-0.39, 0.29) is 29.2 Å². The molecule has 0 saturated carbocycles. The topological polar surface area (TPSA) is 132 Å². The van der Waals surface area contributed by atoms with Gasteiger partial charge in [-0.3, -0.25) is 9.13 Å². The standard InChI is InChI=1S/C48H32N4O.C27H27BO3.C27H17BrN4/c1-48(2)39-19-11-9-17-33(39)35-27-38-37-26-32(22-24-43(37)53-44(38)28-40(35)48)31-21-23-42-36(25-31)34-18-10-12-20-41(34)52(42)47-50-45(29-13-5-3-6-14-29)49-46(51-47)30-15-7-4-8-16-30;1-25(2)21-10-8-7-9-17(21)18-14-20-19-13-16(28-30-26(3,4)27(5,6)31-28)11-12-23(19)29-24(20)15-22(18)25;28-20-15-16-24-22(17-20)21-13-7-8-14-23(21)32(24)27-30-25(18-9-3-1-4-10-18)29-26(31-27)19-11-5-2-6-12-19/h3-28H,1-2H3;7-15H,1-6H3;1-17H. The molecule has 6 aromatic heterocycles. The summed E-state index contributed by atoms with van der Waals surface area (Å²) in [5.74, 6) is 3.76. The molecule has 0 amide bonds. The van der Waals surface area contributed by atoms with Crippen LogP contribution < -0.4 is 5.46 Å². The number of halogens is 1. The predicted molar refractivity (Wildman–Crippen MR) is 475 cm³/mol. The van der Waals surface area contributed by atoms with Crippen molar-refractivity contribution in [2.75, 3.05) is 0 Å². The van der Waals surface area contributed by atoms with Crippen molar-refractivity contribution in [1.29, 1.82) is 0 Å². The maximum Gasteiger partial charge on any atom is 0.494 e. The number of rotatable bonds is 8. The van der Waals surface area contributed by atoms with Gasteiger partial charge in [-0.15, -0.1) is 0 Å². The van der Waals surface area contributed by atoms with Gasteiger partial charge in [0, 0.05) is 80.6 Å². The lowest BCUT2D eigenvalue weighted by molar-refractivity contribution is 0.00578. The summed E-state index contributed by atoms with van der Waals surface area (Å²) in [6.07, 6.45) is 0. The Kier molecular flexibility index (Phi) is 16.4. The maximum atomic E-state index is 6.50. The van der Waals surface area contributed by atoms with E-state index in [4.69, 9.17) is 48.0 Å². The number of para-hydroxylation sites is 2. The van der Waals surface area contributed by atoms with Crippen molar-refractivity contribution in [2.24, 2.45) is 0 Å². The minimum absolute atomic E-state index is 0.0348. The normalized spacial score (nSPS) is 14.6. The summed E-state index contributed by atoms with van der Waals surface area (Å²) in [4.78, 5) is 29.8. The number of hydrogen-bond donors (Lipinski definition) is 0. The molecule has 14 aromatic carbocycles. The first-order valence-electron chi connectivity index (χ1n) is 39.4. The van der Waals surface area contributed by atoms with Crippen LogP contribution in [0.4, 0.5) is 0 Å². The summed E-state index contributed by atoms with van der Waals surface area (Å²) < 4.78 is 30.7. The Bertz CT molecular complexity index is 7240. The summed E-state index contributed by atoms with van der Waals surface area (Å²) in [5.41, 5.74) is 24.7. The second-order valence-corrected chi connectivity index (χ2v) is 33.4. The van der Waals surface area contributed by atoms with Crippen LogP contribution in [0.2, 0.25) is 0 Å². The van der Waals surface area contributed by atoms with E-state index in [0.29, 0.717) is 35.2 Å². The first kappa shape index (κ1) is 70.6. The molecule has 0 spiro atoms. The third-order valence-corrected chi connectivity index (χ3v) is 24.8. The van der Waals surface area contributed by atoms with Crippen molar-refractivity contribution in [3.63, 3.8) is 0 Å². The number of nitrogens with zero attached hydrogens (tertiary/aromatic N) is 8. The molecule has 20 aromatic rings. The number of furan rings is 2. The van der Waals surface area contributed by atoms with E-state index in [1.165, 1.54) is 44.5 Å². The van der Waals surface area contributed by atoms with Gasteiger partial charge in [0.25, 0.3) is 0 Å². The molecule has 0 unspecified atom stereocenters. The lowest BCUT2D eigenvalue weighted by Crippen LogP contribution is -2.41. The predicted octanol–water partition coefficient (Wildman–Crippen LogP) is 25.4. The summed E-state index contributed by atoms with van der Waals surface area (Å²) in [5, 5.41) is 9.09. The Balaban J connectivity index is 0.000000115. The third kappa shape index (κ3) is 11.6. The van der Waals surface area contributed by atoms with Crippen molar-refractivity contribution in [1.82, 2.24) is 39.0 Å². The minimum Gasteiger partial charge on any atom is -0.456 e. The molecule has 1 aliphatic heterocycles. The van der Waals surface area contributed by atoms with Crippen molar-refractivity contribution in [2.45, 2.75) is 77.4 Å². The zero-order valence-electron chi connectivity index (χ0n) is 65.2. The van der Waals surface area contributed by atoms with Crippen LogP contribution in [0.5, 0.6) is 0 Å². The van der Waals surface area contributed by atoms with Crippen molar-refractivity contribution in [3.8, 4) is 90.8 Å². The van der Waals surface area contributed by atoms with Crippen molar-refractivity contribution < 1.29 is 18.1 Å². The summed E-state index contributed by atoms with van der Waals surface area (Å²) in [6.45, 7) is 17.5. The zero-order valence-corrected chi connectivity index (χ0v) is 66.8. The second-order valence-electron chi connectivity index (χ2n) is 32.5. The highest BCUT2D eigenvalue weighted by atomic mass is 79.9. The Morgan fingerprint density at radius 1 is 0.267 bits per heavy atom. The number of hydrogen-bond acceptors (Lipinski definition) is 10. The number of aromatic nitrogens is 8. The summed E-state index contributed by atoms with van der Waals surface area (Å²) >= 11 is 3.62. The fourth-order valence-electron chi connectivity index (χ4n) is 17.6. The van der Waals surface area contributed by atoms with Crippen LogP contribution in [-0.2, 0) is 20.1 Å². The Labute approximate surface area is 679 Å². The molecule has 0 bridgehead atoms. The van der Waals surface area contributed by atoms with Gasteiger partial charge in [-0.1, -0.05) is 274 Å². The molecule has 558 valence electrons. The quantitative estimate of drug-likeness (QED) is 0.135. The van der Waals surface area contributed by atoms with Gasteiger partial charge in [-0.2, -0.15) is 19.9 Å². The van der Waals surface area contributed by atoms with Crippen molar-refractivity contribution in [3.05, 3.63) is 342 Å². The molecule has 2 aliphatic carbocycles. The molecule has 0 atom stereocenters. The van der Waals surface area contributed by atoms with Gasteiger partial charge >= 0.3 is 7.12 Å². The van der Waals surface area contributed by atoms with Gasteiger partial charge in [0.1, 0.15) is 22.3 Å². The van der Waals surface area contributed by atoms with Gasteiger partial charge in [0.05, 0.1) is 33.3 Å². The Hall–Kier alpha value is -13.2. The lowest BCUT2D eigenvalue weighted by Gasteiger charge is -2.32. The number of benzene rings is 14. The van der Waals surface area contributed by atoms with Crippen LogP contribution in [0.25, 0.3) is 178 Å². The van der Waals surface area contributed by atoms with Gasteiger partial charge < -0.3 is 18.1 Å². The summed E-state index contributed by atoms with van der Waals surface area (Å²) in [7, 11) is -0.381. The van der Waals surface area contributed by atoms with Gasteiger partial charge in [0.15, 0.2) is 23.3 Å². The summed E-state index contributed by atoms with van der Waals surface area (Å²) in [6, 6.07) is 110. The molecule has 1 fully saturated rings. The molecular formula is C102H76BBrN8O4. The smallest absolute Gasteiger partial charge is 0.456 e. The van der Waals surface area contributed by atoms with Crippen molar-refractivity contribution >= 4 is 116 Å². The van der Waals surface area contributed by atoms with E-state index in [2.05, 4.69) is 262 Å². The van der Waals surface area contributed by atoms with E-state index in [1.807, 2.05) is 133 Å². The number of fused-ring (bicyclic) bond motifs is 18. The van der Waals surface area contributed by atoms with Crippen LogP contribution >= 0.6 is 15.9 Å². The molecule has 1 saturated heterocycles. The highest BCUT2D eigenvalue weighted by molar-refractivity contribution is 9.10. The van der Waals surface area contributed by atoms with Crippen LogP contribution in [0.1, 0.15) is 77.6 Å². The van der Waals surface area contributed by atoms with E-state index < -0.39 is 0 Å². The molecule has 0 radical (unpaired) electrons. The third-order valence-electron chi connectivity index (χ3n) is 24.3. The highest BCUT2D eigenvalue weighted by Gasteiger charge is 2.52. The average Bonchev–Trinajstić information content (AvgIpc) is 1.56. The first-order valence-corrected chi connectivity index (χ1v) is 40.2. The Morgan fingerprint density at radius 2 is 0.621 bits per heavy atom. The zero-order chi connectivity index (χ0) is 78.5. The largest absolute Gasteiger partial charge is 0.494 e. The van der Waals surface area contributed by atoms with E-state index in [9.17, 15) is 0 Å². The SMILES string of the molecule is Brc1ccc2c(c1)c1ccccc1n2-c1nc(-c2ccccc2)nc(-c2ccccc2)n1.CC1(C)c2ccccc2-c2cc3c(cc21)oc1ccc(-c2ccc4c(c2)c2ccccc2n4-c2nc(-c4ccccc4)nc(-c4ccccc4)n2)cc13.CC1(C)c2ccccc2-c2cc3c(cc21)oc1ccc(B2OC(C)(C)C(C)(C)O2)cc13. The van der Waals surface area contributed by atoms with Crippen LogP contribution in [0, 0.1) is 0 Å². The monoisotopic (exact) mass is 1570 g/mol. The molecule has 7 heterocycles. The average molecular weight is 1570 g/mol. The Morgan fingerprint density at radius 3 is 1.08 bits per heavy atom. The van der Waals surface area contributed by atoms with E-state index in [1.54, 1.807) is 0 Å². The van der Waals surface area contributed by atoms with Gasteiger partial charge in [-0.25, -0.2) is 9.97 Å². The lowest BCUT2D eigenvalue weighted by atomic mass is 9.78. The molecule has 116 heavy (non-hydrogen) atoms. The second kappa shape index (κ2) is 27.0. The molecule has 12 nitrogen and oxygen atoms in total. The van der Waals surface area contributed by atoms with Gasteiger partial charge in [0.2, 0.25) is 11.9 Å². The van der Waals surface area contributed by atoms with Crippen LogP contribution in [0.3, 0.4) is 0 Å². The molecule has 23 rings (SSSR count). The van der Waals surface area contributed by atoms with E-state index >= 15 is 0 Å². The molecular weight excluding hydrogens is 1490 g/mol. The first-order chi connectivity index (χ1) is 56.4. The molecule has 14 heteroatoms. The maximum absolute atomic E-state index is 6.50. The minimum atomic E-state index is -0.381. The van der Waals surface area contributed by atoms with Crippen LogP contribution in [-0.4, -0.2) is 57.4 Å². The van der Waals surface area contributed by atoms with Gasteiger partial charge in [-0.05, 0) is 174 Å². The molecule has 0 N–H and O–H groups in total. The van der Waals surface area contributed by atoms with Crippen LogP contribution in [0.15, 0.2) is 329 Å². The molecule has 3 aliphatic rings. The fourth-order valence-corrected chi connectivity index (χ4v) is 17.9. The fraction of sp³-hybridized carbons (Fsp3) is 0.118. The highest BCUT2D eigenvalue weighted by Crippen LogP contribution is 2.53.